The highest BCUT2D eigenvalue weighted by atomic mass is 16.5. The maximum absolute atomic E-state index is 10.9. The Labute approximate surface area is 194 Å². The molecule has 5 rings (SSSR count). The highest BCUT2D eigenvalue weighted by Crippen LogP contribution is 2.33. The van der Waals surface area contributed by atoms with Gasteiger partial charge in [-0.25, -0.2) is 4.98 Å². The Kier molecular flexibility index (Phi) is 6.22. The standard InChI is InChI=1S/C28H29N3O2/c1-33-25-8-6-21(7-9-25)18-30-15-11-24(12-16-30)26-10-14-29-28-27(26)13-17-31(28)19-22-2-4-23(20-32)5-3-22/h2-10,13-14,17,20,24H,11-12,15-16,18-19H2,1H3. The number of aromatic nitrogens is 2. The smallest absolute Gasteiger partial charge is 0.150 e. The molecule has 0 amide bonds. The maximum atomic E-state index is 10.9. The van der Waals surface area contributed by atoms with Gasteiger partial charge in [0, 0.05) is 36.4 Å². The summed E-state index contributed by atoms with van der Waals surface area (Å²) in [7, 11) is 1.70. The van der Waals surface area contributed by atoms with Crippen LogP contribution in [0, 0.1) is 0 Å². The summed E-state index contributed by atoms with van der Waals surface area (Å²) in [5.41, 5.74) is 5.65. The number of hydrogen-bond acceptors (Lipinski definition) is 4. The molecular formula is C28H29N3O2. The molecular weight excluding hydrogens is 410 g/mol. The molecule has 0 bridgehead atoms. The average Bonchev–Trinajstić information content (AvgIpc) is 3.28. The molecule has 2 aromatic carbocycles. The summed E-state index contributed by atoms with van der Waals surface area (Å²) >= 11 is 0. The van der Waals surface area contributed by atoms with Crippen molar-refractivity contribution < 1.29 is 9.53 Å². The fourth-order valence-corrected chi connectivity index (χ4v) is 4.88. The van der Waals surface area contributed by atoms with Gasteiger partial charge in [0.25, 0.3) is 0 Å². The number of pyridine rings is 1. The first-order valence-electron chi connectivity index (χ1n) is 11.6. The van der Waals surface area contributed by atoms with E-state index < -0.39 is 0 Å². The van der Waals surface area contributed by atoms with Gasteiger partial charge in [0.1, 0.15) is 17.7 Å². The monoisotopic (exact) mass is 439 g/mol. The van der Waals surface area contributed by atoms with Gasteiger partial charge in [0.05, 0.1) is 7.11 Å². The number of carbonyl (C=O) groups is 1. The molecule has 0 saturated carbocycles. The van der Waals surface area contributed by atoms with Crippen molar-refractivity contribution in [2.75, 3.05) is 20.2 Å². The number of aldehydes is 1. The second-order valence-corrected chi connectivity index (χ2v) is 8.84. The number of carbonyl (C=O) groups excluding carboxylic acids is 1. The zero-order chi connectivity index (χ0) is 22.6. The van der Waals surface area contributed by atoms with Crippen LogP contribution >= 0.6 is 0 Å². The van der Waals surface area contributed by atoms with Crippen molar-refractivity contribution in [2.24, 2.45) is 0 Å². The lowest BCUT2D eigenvalue weighted by atomic mass is 9.88. The Morgan fingerprint density at radius 3 is 2.33 bits per heavy atom. The lowest BCUT2D eigenvalue weighted by Crippen LogP contribution is -2.32. The third kappa shape index (κ3) is 4.69. The lowest BCUT2D eigenvalue weighted by Gasteiger charge is -2.32. The van der Waals surface area contributed by atoms with E-state index in [0.717, 1.165) is 62.3 Å². The highest BCUT2D eigenvalue weighted by Gasteiger charge is 2.23. The second-order valence-electron chi connectivity index (χ2n) is 8.84. The number of nitrogens with zero attached hydrogens (tertiary/aromatic N) is 3. The minimum absolute atomic E-state index is 0.561. The quantitative estimate of drug-likeness (QED) is 0.367. The van der Waals surface area contributed by atoms with E-state index in [2.05, 4.69) is 39.9 Å². The predicted octanol–water partition coefficient (Wildman–Crippen LogP) is 5.29. The Morgan fingerprint density at radius 1 is 0.939 bits per heavy atom. The Balaban J connectivity index is 1.26. The van der Waals surface area contributed by atoms with E-state index in [1.54, 1.807) is 7.11 Å². The molecule has 4 aromatic rings. The van der Waals surface area contributed by atoms with Crippen LogP contribution in [0.15, 0.2) is 73.1 Å². The van der Waals surface area contributed by atoms with Gasteiger partial charge in [-0.1, -0.05) is 36.4 Å². The van der Waals surface area contributed by atoms with Crippen LogP contribution in [0.1, 0.15) is 45.8 Å². The van der Waals surface area contributed by atoms with Gasteiger partial charge >= 0.3 is 0 Å². The van der Waals surface area contributed by atoms with Gasteiger partial charge in [-0.3, -0.25) is 9.69 Å². The van der Waals surface area contributed by atoms with Crippen LogP contribution in [-0.2, 0) is 13.1 Å². The van der Waals surface area contributed by atoms with Crippen LogP contribution < -0.4 is 4.74 Å². The summed E-state index contributed by atoms with van der Waals surface area (Å²) < 4.78 is 7.47. The van der Waals surface area contributed by atoms with Crippen molar-refractivity contribution in [3.8, 4) is 5.75 Å². The summed E-state index contributed by atoms with van der Waals surface area (Å²) in [5.74, 6) is 1.47. The predicted molar refractivity (Wildman–Crippen MR) is 131 cm³/mol. The third-order valence-electron chi connectivity index (χ3n) is 6.76. The zero-order valence-corrected chi connectivity index (χ0v) is 19.0. The summed E-state index contributed by atoms with van der Waals surface area (Å²) in [5, 5.41) is 1.26. The molecule has 1 fully saturated rings. The molecule has 1 aliphatic heterocycles. The minimum atomic E-state index is 0.561. The molecule has 1 saturated heterocycles. The van der Waals surface area contributed by atoms with Crippen molar-refractivity contribution >= 4 is 17.3 Å². The summed E-state index contributed by atoms with van der Waals surface area (Å²) in [6.45, 7) is 3.94. The molecule has 0 N–H and O–H groups in total. The Morgan fingerprint density at radius 2 is 1.64 bits per heavy atom. The average molecular weight is 440 g/mol. The molecule has 0 spiro atoms. The van der Waals surface area contributed by atoms with E-state index in [-0.39, 0.29) is 0 Å². The third-order valence-corrected chi connectivity index (χ3v) is 6.76. The molecule has 5 nitrogen and oxygen atoms in total. The Hall–Kier alpha value is -3.44. The Bertz CT molecular complexity index is 1220. The van der Waals surface area contributed by atoms with E-state index >= 15 is 0 Å². The van der Waals surface area contributed by atoms with Crippen LogP contribution in [0.5, 0.6) is 5.75 Å². The van der Waals surface area contributed by atoms with Crippen LogP contribution in [0.25, 0.3) is 11.0 Å². The first-order chi connectivity index (χ1) is 16.2. The summed E-state index contributed by atoms with van der Waals surface area (Å²) in [6, 6.07) is 20.6. The van der Waals surface area contributed by atoms with Crippen molar-refractivity contribution in [1.29, 1.82) is 0 Å². The van der Waals surface area contributed by atoms with Gasteiger partial charge in [-0.15, -0.1) is 0 Å². The molecule has 0 unspecified atom stereocenters. The summed E-state index contributed by atoms with van der Waals surface area (Å²) in [6.07, 6.45) is 7.28. The number of likely N-dealkylation sites (tertiary alicyclic amines) is 1. The number of ether oxygens (including phenoxy) is 1. The van der Waals surface area contributed by atoms with Gasteiger partial charge in [0.2, 0.25) is 0 Å². The van der Waals surface area contributed by atoms with Crippen molar-refractivity contribution in [1.82, 2.24) is 14.5 Å². The normalized spacial score (nSPS) is 15.1. The zero-order valence-electron chi connectivity index (χ0n) is 19.0. The molecule has 2 aromatic heterocycles. The van der Waals surface area contributed by atoms with Gasteiger partial charge in [-0.2, -0.15) is 0 Å². The van der Waals surface area contributed by atoms with Crippen LogP contribution in [0.3, 0.4) is 0 Å². The van der Waals surface area contributed by atoms with E-state index in [1.807, 2.05) is 42.6 Å². The number of hydrogen-bond donors (Lipinski definition) is 0. The van der Waals surface area contributed by atoms with E-state index in [0.29, 0.717) is 11.5 Å². The number of fused-ring (bicyclic) bond motifs is 1. The number of rotatable bonds is 7. The number of benzene rings is 2. The van der Waals surface area contributed by atoms with Crippen LogP contribution in [-0.4, -0.2) is 40.9 Å². The molecule has 0 aliphatic carbocycles. The van der Waals surface area contributed by atoms with E-state index in [9.17, 15) is 4.79 Å². The van der Waals surface area contributed by atoms with Gasteiger partial charge in [-0.05, 0) is 72.8 Å². The molecule has 168 valence electrons. The molecule has 0 radical (unpaired) electrons. The largest absolute Gasteiger partial charge is 0.497 e. The van der Waals surface area contributed by atoms with Gasteiger partial charge in [0.15, 0.2) is 0 Å². The highest BCUT2D eigenvalue weighted by molar-refractivity contribution is 5.81. The van der Waals surface area contributed by atoms with Crippen LogP contribution in [0.4, 0.5) is 0 Å². The fraction of sp³-hybridized carbons (Fsp3) is 0.286. The van der Waals surface area contributed by atoms with Crippen LogP contribution in [0.2, 0.25) is 0 Å². The number of piperidine rings is 1. The number of methoxy groups -OCH3 is 1. The molecule has 3 heterocycles. The topological polar surface area (TPSA) is 47.4 Å². The molecule has 5 heteroatoms. The maximum Gasteiger partial charge on any atom is 0.150 e. The van der Waals surface area contributed by atoms with Crippen molar-refractivity contribution in [3.63, 3.8) is 0 Å². The minimum Gasteiger partial charge on any atom is -0.497 e. The second kappa shape index (κ2) is 9.59. The summed E-state index contributed by atoms with van der Waals surface area (Å²) in [4.78, 5) is 18.2. The molecule has 33 heavy (non-hydrogen) atoms. The van der Waals surface area contributed by atoms with Crippen molar-refractivity contribution in [2.45, 2.75) is 31.8 Å². The van der Waals surface area contributed by atoms with Crippen molar-refractivity contribution in [3.05, 3.63) is 95.3 Å². The van der Waals surface area contributed by atoms with E-state index in [1.165, 1.54) is 16.5 Å². The fourth-order valence-electron chi connectivity index (χ4n) is 4.88. The first kappa shape index (κ1) is 21.4. The molecule has 1 aliphatic rings. The SMILES string of the molecule is COc1ccc(CN2CCC(c3ccnc4c3ccn4Cc3ccc(C=O)cc3)CC2)cc1. The lowest BCUT2D eigenvalue weighted by molar-refractivity contribution is 0.112. The first-order valence-corrected chi connectivity index (χ1v) is 11.6. The van der Waals surface area contributed by atoms with Gasteiger partial charge < -0.3 is 9.30 Å². The molecule has 0 atom stereocenters. The van der Waals surface area contributed by atoms with E-state index in [4.69, 9.17) is 9.72 Å².